The number of aryl methyl sites for hydroxylation is 1. The van der Waals surface area contributed by atoms with Crippen molar-refractivity contribution in [2.45, 2.75) is 57.8 Å². The van der Waals surface area contributed by atoms with Crippen LogP contribution in [0.1, 0.15) is 56.6 Å². The smallest absolute Gasteiger partial charge is 0.233 e. The normalized spacial score (nSPS) is 20.3. The molecule has 3 rings (SSSR count). The first kappa shape index (κ1) is 19.2. The van der Waals surface area contributed by atoms with Gasteiger partial charge in [-0.05, 0) is 68.8 Å². The van der Waals surface area contributed by atoms with Crippen LogP contribution >= 0.6 is 0 Å². The Hall–Kier alpha value is -1.55. The van der Waals surface area contributed by atoms with Gasteiger partial charge >= 0.3 is 0 Å². The van der Waals surface area contributed by atoms with E-state index in [-0.39, 0.29) is 5.41 Å². The van der Waals surface area contributed by atoms with Crippen molar-refractivity contribution in [3.63, 3.8) is 0 Å². The standard InChI is InChI=1S/C22H34N2O2/c1-4-23-16-18-9-13-24(14-10-18)21(25)22(11-5-6-12-22)19-8-7-17(2)20(15-19)26-3/h7-8,15,18,23H,4-6,9-14,16H2,1-3H3. The number of nitrogens with one attached hydrogen (secondary N) is 1. The van der Waals surface area contributed by atoms with E-state index in [0.717, 1.165) is 81.6 Å². The van der Waals surface area contributed by atoms with Crippen LogP contribution in [-0.2, 0) is 10.2 Å². The fourth-order valence-electron chi connectivity index (χ4n) is 4.71. The van der Waals surface area contributed by atoms with Crippen molar-refractivity contribution in [2.75, 3.05) is 33.3 Å². The van der Waals surface area contributed by atoms with E-state index in [1.165, 1.54) is 0 Å². The molecule has 0 spiro atoms. The lowest BCUT2D eigenvalue weighted by molar-refractivity contribution is -0.138. The Labute approximate surface area is 158 Å². The van der Waals surface area contributed by atoms with Crippen molar-refractivity contribution >= 4 is 5.91 Å². The van der Waals surface area contributed by atoms with Gasteiger partial charge in [0.25, 0.3) is 0 Å². The first-order valence-electron chi connectivity index (χ1n) is 10.3. The quantitative estimate of drug-likeness (QED) is 0.844. The zero-order valence-electron chi connectivity index (χ0n) is 16.6. The lowest BCUT2D eigenvalue weighted by atomic mass is 9.76. The van der Waals surface area contributed by atoms with Gasteiger partial charge in [0.2, 0.25) is 5.91 Å². The van der Waals surface area contributed by atoms with Crippen LogP contribution in [-0.4, -0.2) is 44.1 Å². The Morgan fingerprint density at radius 1 is 1.27 bits per heavy atom. The molecule has 0 aromatic heterocycles. The zero-order valence-corrected chi connectivity index (χ0v) is 16.6. The summed E-state index contributed by atoms with van der Waals surface area (Å²) in [5.41, 5.74) is 1.94. The summed E-state index contributed by atoms with van der Waals surface area (Å²) in [6.07, 6.45) is 6.44. The largest absolute Gasteiger partial charge is 0.496 e. The maximum absolute atomic E-state index is 13.6. The molecule has 4 nitrogen and oxygen atoms in total. The molecule has 1 amide bonds. The van der Waals surface area contributed by atoms with E-state index in [0.29, 0.717) is 11.8 Å². The third-order valence-corrected chi connectivity index (χ3v) is 6.41. The lowest BCUT2D eigenvalue weighted by Crippen LogP contribution is -2.49. The summed E-state index contributed by atoms with van der Waals surface area (Å²) in [4.78, 5) is 15.7. The molecule has 1 aliphatic carbocycles. The van der Waals surface area contributed by atoms with Crippen molar-refractivity contribution in [3.8, 4) is 5.75 Å². The predicted molar refractivity (Wildman–Crippen MR) is 106 cm³/mol. The number of carbonyl (C=O) groups is 1. The first-order chi connectivity index (χ1) is 12.6. The van der Waals surface area contributed by atoms with Crippen LogP contribution in [0.3, 0.4) is 0 Å². The van der Waals surface area contributed by atoms with E-state index in [1.807, 2.05) is 0 Å². The van der Waals surface area contributed by atoms with Gasteiger partial charge in [0.15, 0.2) is 0 Å². The van der Waals surface area contributed by atoms with Gasteiger partial charge in [0.1, 0.15) is 5.75 Å². The van der Waals surface area contributed by atoms with Crippen LogP contribution < -0.4 is 10.1 Å². The van der Waals surface area contributed by atoms with Gasteiger partial charge in [-0.1, -0.05) is 31.9 Å². The molecule has 0 unspecified atom stereocenters. The highest BCUT2D eigenvalue weighted by atomic mass is 16.5. The molecule has 2 fully saturated rings. The number of piperidine rings is 1. The average molecular weight is 359 g/mol. The topological polar surface area (TPSA) is 41.6 Å². The molecule has 1 N–H and O–H groups in total. The van der Waals surface area contributed by atoms with Gasteiger partial charge in [-0.3, -0.25) is 4.79 Å². The van der Waals surface area contributed by atoms with Crippen molar-refractivity contribution < 1.29 is 9.53 Å². The molecular formula is C22H34N2O2. The number of hydrogen-bond acceptors (Lipinski definition) is 3. The Morgan fingerprint density at radius 2 is 1.96 bits per heavy atom. The predicted octanol–water partition coefficient (Wildman–Crippen LogP) is 3.66. The molecule has 1 saturated heterocycles. The molecule has 1 aromatic carbocycles. The van der Waals surface area contributed by atoms with E-state index in [4.69, 9.17) is 4.74 Å². The number of ether oxygens (including phenoxy) is 1. The molecule has 1 aliphatic heterocycles. The molecule has 0 bridgehead atoms. The molecule has 1 aromatic rings. The van der Waals surface area contributed by atoms with Crippen molar-refractivity contribution in [1.82, 2.24) is 10.2 Å². The minimum Gasteiger partial charge on any atom is -0.496 e. The fraction of sp³-hybridized carbons (Fsp3) is 0.682. The highest BCUT2D eigenvalue weighted by Crippen LogP contribution is 2.44. The van der Waals surface area contributed by atoms with E-state index < -0.39 is 0 Å². The summed E-state index contributed by atoms with van der Waals surface area (Å²) in [6, 6.07) is 6.36. The second-order valence-electron chi connectivity index (χ2n) is 8.02. The second kappa shape index (κ2) is 8.43. The molecule has 0 atom stereocenters. The van der Waals surface area contributed by atoms with E-state index in [1.54, 1.807) is 7.11 Å². The third-order valence-electron chi connectivity index (χ3n) is 6.41. The Bertz CT molecular complexity index is 615. The monoisotopic (exact) mass is 358 g/mol. The summed E-state index contributed by atoms with van der Waals surface area (Å²) in [5, 5.41) is 3.45. The van der Waals surface area contributed by atoms with Crippen LogP contribution in [0.2, 0.25) is 0 Å². The molecule has 2 aliphatic rings. The molecule has 4 heteroatoms. The van der Waals surface area contributed by atoms with Gasteiger partial charge in [-0.2, -0.15) is 0 Å². The number of rotatable bonds is 6. The number of nitrogens with zero attached hydrogens (tertiary/aromatic N) is 1. The van der Waals surface area contributed by atoms with E-state index >= 15 is 0 Å². The first-order valence-corrected chi connectivity index (χ1v) is 10.3. The molecule has 0 radical (unpaired) electrons. The van der Waals surface area contributed by atoms with E-state index in [9.17, 15) is 4.79 Å². The minimum absolute atomic E-state index is 0.338. The summed E-state index contributed by atoms with van der Waals surface area (Å²) >= 11 is 0. The van der Waals surface area contributed by atoms with Crippen molar-refractivity contribution in [3.05, 3.63) is 29.3 Å². The van der Waals surface area contributed by atoms with Gasteiger partial charge in [-0.25, -0.2) is 0 Å². The van der Waals surface area contributed by atoms with Crippen LogP contribution in [0, 0.1) is 12.8 Å². The second-order valence-corrected chi connectivity index (χ2v) is 8.02. The zero-order chi connectivity index (χ0) is 18.6. The number of methoxy groups -OCH3 is 1. The molecule has 26 heavy (non-hydrogen) atoms. The van der Waals surface area contributed by atoms with Crippen LogP contribution in [0.15, 0.2) is 18.2 Å². The molecular weight excluding hydrogens is 324 g/mol. The lowest BCUT2D eigenvalue weighted by Gasteiger charge is -2.39. The molecule has 144 valence electrons. The summed E-state index contributed by atoms with van der Waals surface area (Å²) in [6.45, 7) is 8.12. The minimum atomic E-state index is -0.338. The Kier molecular flexibility index (Phi) is 6.23. The fourth-order valence-corrected chi connectivity index (χ4v) is 4.71. The third kappa shape index (κ3) is 3.75. The van der Waals surface area contributed by atoms with Gasteiger partial charge in [-0.15, -0.1) is 0 Å². The van der Waals surface area contributed by atoms with Gasteiger partial charge in [0, 0.05) is 13.1 Å². The van der Waals surface area contributed by atoms with Crippen LogP contribution in [0.25, 0.3) is 0 Å². The molecule has 1 saturated carbocycles. The number of benzene rings is 1. The average Bonchev–Trinajstić information content (AvgIpc) is 3.17. The van der Waals surface area contributed by atoms with Crippen LogP contribution in [0.4, 0.5) is 0 Å². The van der Waals surface area contributed by atoms with Crippen molar-refractivity contribution in [2.24, 2.45) is 5.92 Å². The number of amides is 1. The van der Waals surface area contributed by atoms with Gasteiger partial charge < -0.3 is 15.0 Å². The van der Waals surface area contributed by atoms with Gasteiger partial charge in [0.05, 0.1) is 12.5 Å². The Morgan fingerprint density at radius 3 is 2.58 bits per heavy atom. The van der Waals surface area contributed by atoms with Crippen molar-refractivity contribution in [1.29, 1.82) is 0 Å². The highest BCUT2D eigenvalue weighted by Gasteiger charge is 2.45. The van der Waals surface area contributed by atoms with Crippen LogP contribution in [0.5, 0.6) is 5.75 Å². The summed E-state index contributed by atoms with van der Waals surface area (Å²) in [7, 11) is 1.71. The molecule has 1 heterocycles. The SMILES string of the molecule is CCNCC1CCN(C(=O)C2(c3ccc(C)c(OC)c3)CCCC2)CC1. The number of likely N-dealkylation sites (tertiary alicyclic amines) is 1. The maximum Gasteiger partial charge on any atom is 0.233 e. The maximum atomic E-state index is 13.6. The summed E-state index contributed by atoms with van der Waals surface area (Å²) in [5.74, 6) is 1.95. The highest BCUT2D eigenvalue weighted by molar-refractivity contribution is 5.89. The number of hydrogen-bond donors (Lipinski definition) is 1. The summed E-state index contributed by atoms with van der Waals surface area (Å²) < 4.78 is 5.54. The number of carbonyl (C=O) groups excluding carboxylic acids is 1. The van der Waals surface area contributed by atoms with E-state index in [2.05, 4.69) is 42.3 Å². The Balaban J connectivity index is 1.77.